The molecule has 1 atom stereocenters. The Balaban J connectivity index is 2.31. The highest BCUT2D eigenvalue weighted by Crippen LogP contribution is 2.37. The monoisotopic (exact) mass is 352 g/mol. The molecule has 1 aromatic rings. The van der Waals surface area contributed by atoms with E-state index in [0.717, 1.165) is 26.0 Å². The third-order valence-electron chi connectivity index (χ3n) is 2.60. The van der Waals surface area contributed by atoms with Gasteiger partial charge in [0, 0.05) is 12.2 Å². The zero-order chi connectivity index (χ0) is 11.1. The van der Waals surface area contributed by atoms with E-state index in [9.17, 15) is 4.79 Å². The lowest BCUT2D eigenvalue weighted by Gasteiger charge is -2.20. The van der Waals surface area contributed by atoms with Gasteiger partial charge in [0.05, 0.1) is 7.57 Å². The fourth-order valence-electron chi connectivity index (χ4n) is 1.74. The maximum atomic E-state index is 12.2. The highest BCUT2D eigenvalue weighted by atomic mass is 79.9. The van der Waals surface area contributed by atoms with E-state index >= 15 is 0 Å². The van der Waals surface area contributed by atoms with Gasteiger partial charge >= 0.3 is 0 Å². The van der Waals surface area contributed by atoms with Gasteiger partial charge in [0.1, 0.15) is 5.60 Å². The van der Waals surface area contributed by atoms with Crippen LogP contribution in [0.4, 0.5) is 0 Å². The summed E-state index contributed by atoms with van der Waals surface area (Å²) in [5.74, 6) is 0.0776. The van der Waals surface area contributed by atoms with Crippen molar-refractivity contribution in [2.75, 3.05) is 6.61 Å². The molecular formula is C10H10Br2O2S. The number of Topliss-reactive ketones (excluding diaryl/α,β-unsaturated/α-hetero) is 1. The van der Waals surface area contributed by atoms with Crippen molar-refractivity contribution >= 4 is 49.0 Å². The number of carbonyl (C=O) groups is 1. The van der Waals surface area contributed by atoms with Gasteiger partial charge in [0.2, 0.25) is 0 Å². The molecule has 82 valence electrons. The number of hydrogen-bond donors (Lipinski definition) is 0. The lowest BCUT2D eigenvalue weighted by Crippen LogP contribution is -2.34. The van der Waals surface area contributed by atoms with E-state index in [1.807, 2.05) is 13.0 Å². The Bertz CT molecular complexity index is 394. The van der Waals surface area contributed by atoms with Gasteiger partial charge in [-0.2, -0.15) is 0 Å². The van der Waals surface area contributed by atoms with Gasteiger partial charge in [0.15, 0.2) is 5.78 Å². The van der Waals surface area contributed by atoms with Crippen LogP contribution in [0.25, 0.3) is 0 Å². The van der Waals surface area contributed by atoms with Gasteiger partial charge in [-0.1, -0.05) is 0 Å². The van der Waals surface area contributed by atoms with Crippen LogP contribution in [0.5, 0.6) is 0 Å². The Hall–Kier alpha value is 0.290. The average molecular weight is 354 g/mol. The quantitative estimate of drug-likeness (QED) is 0.750. The Labute approximate surface area is 109 Å². The van der Waals surface area contributed by atoms with Crippen molar-refractivity contribution in [2.24, 2.45) is 0 Å². The van der Waals surface area contributed by atoms with Crippen LogP contribution in [0.15, 0.2) is 13.6 Å². The topological polar surface area (TPSA) is 26.3 Å². The number of thiophene rings is 1. The summed E-state index contributed by atoms with van der Waals surface area (Å²) in [5, 5.41) is 0. The molecule has 0 aromatic carbocycles. The van der Waals surface area contributed by atoms with E-state index in [4.69, 9.17) is 4.74 Å². The smallest absolute Gasteiger partial charge is 0.196 e. The first-order valence-corrected chi connectivity index (χ1v) is 7.07. The molecule has 2 rings (SSSR count). The van der Waals surface area contributed by atoms with Crippen LogP contribution in [0.1, 0.15) is 30.1 Å². The zero-order valence-electron chi connectivity index (χ0n) is 8.18. The van der Waals surface area contributed by atoms with E-state index in [-0.39, 0.29) is 5.78 Å². The number of hydrogen-bond acceptors (Lipinski definition) is 3. The Morgan fingerprint density at radius 1 is 1.60 bits per heavy atom. The molecule has 2 heterocycles. The molecule has 1 saturated heterocycles. The largest absolute Gasteiger partial charge is 0.367 e. The summed E-state index contributed by atoms with van der Waals surface area (Å²) in [5.41, 5.74) is 0.0968. The molecule has 0 aliphatic carbocycles. The highest BCUT2D eigenvalue weighted by molar-refractivity contribution is 9.12. The fourth-order valence-corrected chi connectivity index (χ4v) is 4.53. The molecule has 15 heavy (non-hydrogen) atoms. The second-order valence-corrected chi connectivity index (χ2v) is 7.50. The van der Waals surface area contributed by atoms with Crippen molar-refractivity contribution in [2.45, 2.75) is 25.4 Å². The minimum Gasteiger partial charge on any atom is -0.367 e. The van der Waals surface area contributed by atoms with Crippen molar-refractivity contribution in [3.8, 4) is 0 Å². The van der Waals surface area contributed by atoms with Crippen LogP contribution in [0.3, 0.4) is 0 Å². The molecule has 1 aliphatic heterocycles. The maximum Gasteiger partial charge on any atom is 0.196 e. The summed E-state index contributed by atoms with van der Waals surface area (Å²) in [6, 6.07) is 1.85. The summed E-state index contributed by atoms with van der Waals surface area (Å²) in [4.78, 5) is 12.2. The second-order valence-electron chi connectivity index (χ2n) is 3.75. The van der Waals surface area contributed by atoms with E-state index in [1.54, 1.807) is 0 Å². The number of ketones is 1. The van der Waals surface area contributed by atoms with Gasteiger partial charge in [-0.15, -0.1) is 11.3 Å². The molecule has 0 saturated carbocycles. The van der Waals surface area contributed by atoms with Gasteiger partial charge in [-0.25, -0.2) is 0 Å². The van der Waals surface area contributed by atoms with E-state index in [1.165, 1.54) is 11.3 Å². The molecule has 0 N–H and O–H groups in total. The first-order valence-electron chi connectivity index (χ1n) is 4.66. The number of carbonyl (C=O) groups excluding carboxylic acids is 1. The number of rotatable bonds is 2. The minimum atomic E-state index is -0.622. The molecule has 5 heteroatoms. The fraction of sp³-hybridized carbons (Fsp3) is 0.500. The molecule has 1 aliphatic rings. The lowest BCUT2D eigenvalue weighted by molar-refractivity contribution is 0.0213. The van der Waals surface area contributed by atoms with Crippen LogP contribution >= 0.6 is 43.2 Å². The summed E-state index contributed by atoms with van der Waals surface area (Å²) >= 11 is 8.29. The third kappa shape index (κ3) is 2.20. The SMILES string of the molecule is CC1(C(=O)c2cc(Br)sc2Br)CCCO1. The van der Waals surface area contributed by atoms with Crippen LogP contribution < -0.4 is 0 Å². The molecule has 2 nitrogen and oxygen atoms in total. The normalized spacial score (nSPS) is 25.8. The number of halogens is 2. The van der Waals surface area contributed by atoms with E-state index < -0.39 is 5.60 Å². The highest BCUT2D eigenvalue weighted by Gasteiger charge is 2.39. The molecular weight excluding hydrogens is 344 g/mol. The van der Waals surface area contributed by atoms with Crippen molar-refractivity contribution in [1.82, 2.24) is 0 Å². The van der Waals surface area contributed by atoms with E-state index in [2.05, 4.69) is 31.9 Å². The van der Waals surface area contributed by atoms with Crippen molar-refractivity contribution in [1.29, 1.82) is 0 Å². The molecule has 1 fully saturated rings. The van der Waals surface area contributed by atoms with Crippen molar-refractivity contribution < 1.29 is 9.53 Å². The maximum absolute atomic E-state index is 12.2. The second kappa shape index (κ2) is 4.28. The molecule has 1 unspecified atom stereocenters. The van der Waals surface area contributed by atoms with Crippen LogP contribution in [0, 0.1) is 0 Å². The summed E-state index contributed by atoms with van der Waals surface area (Å²) in [6.07, 6.45) is 1.77. The molecule has 0 bridgehead atoms. The first kappa shape index (κ1) is 11.8. The van der Waals surface area contributed by atoms with Gasteiger partial charge < -0.3 is 4.74 Å². The van der Waals surface area contributed by atoms with Gasteiger partial charge in [-0.3, -0.25) is 4.79 Å². The molecule has 0 radical (unpaired) electrons. The van der Waals surface area contributed by atoms with Gasteiger partial charge in [0.25, 0.3) is 0 Å². The Morgan fingerprint density at radius 3 is 2.80 bits per heavy atom. The predicted octanol–water partition coefficient (Wildman–Crippen LogP) is 4.02. The third-order valence-corrected chi connectivity index (χ3v) is 4.94. The van der Waals surface area contributed by atoms with Crippen molar-refractivity contribution in [3.05, 3.63) is 19.2 Å². The predicted molar refractivity (Wildman–Crippen MR) is 67.6 cm³/mol. The summed E-state index contributed by atoms with van der Waals surface area (Å²) in [6.45, 7) is 2.56. The Kier molecular flexibility index (Phi) is 3.36. The Morgan fingerprint density at radius 2 is 2.33 bits per heavy atom. The molecule has 0 amide bonds. The molecule has 1 aromatic heterocycles. The van der Waals surface area contributed by atoms with Crippen molar-refractivity contribution in [3.63, 3.8) is 0 Å². The average Bonchev–Trinajstić information content (AvgIpc) is 2.73. The minimum absolute atomic E-state index is 0.0776. The number of ether oxygens (including phenoxy) is 1. The first-order chi connectivity index (χ1) is 7.03. The summed E-state index contributed by atoms with van der Waals surface area (Å²) in [7, 11) is 0. The lowest BCUT2D eigenvalue weighted by atomic mass is 9.94. The molecule has 0 spiro atoms. The summed E-state index contributed by atoms with van der Waals surface area (Å²) < 4.78 is 7.37. The van der Waals surface area contributed by atoms with Crippen LogP contribution in [-0.2, 0) is 4.74 Å². The van der Waals surface area contributed by atoms with Crippen LogP contribution in [0.2, 0.25) is 0 Å². The zero-order valence-corrected chi connectivity index (χ0v) is 12.2. The van der Waals surface area contributed by atoms with Gasteiger partial charge in [-0.05, 0) is 57.7 Å². The van der Waals surface area contributed by atoms with Crippen LogP contribution in [-0.4, -0.2) is 18.0 Å². The van der Waals surface area contributed by atoms with E-state index in [0.29, 0.717) is 6.61 Å². The standard InChI is InChI=1S/C10H10Br2O2S/c1-10(3-2-4-14-10)8(13)6-5-7(11)15-9(6)12/h5H,2-4H2,1H3.